The van der Waals surface area contributed by atoms with Crippen LogP contribution in [-0.4, -0.2) is 61.4 Å². The zero-order chi connectivity index (χ0) is 23.0. The van der Waals surface area contributed by atoms with E-state index in [1.54, 1.807) is 4.68 Å². The topological polar surface area (TPSA) is 87.8 Å². The van der Waals surface area contributed by atoms with Crippen molar-refractivity contribution < 1.29 is 36.6 Å². The van der Waals surface area contributed by atoms with E-state index < -0.39 is 29.5 Å². The lowest BCUT2D eigenvalue weighted by Gasteiger charge is -2.22. The molecule has 1 atom stereocenters. The Kier molecular flexibility index (Phi) is 6.19. The molecule has 2 saturated heterocycles. The number of hydrogen-bond donors (Lipinski definition) is 1. The van der Waals surface area contributed by atoms with Gasteiger partial charge in [-0.2, -0.15) is 18.3 Å². The van der Waals surface area contributed by atoms with E-state index in [0.29, 0.717) is 45.3 Å². The number of nitrogens with one attached hydrogen (secondary N) is 1. The monoisotopic (exact) mass is 469 g/mol. The first-order chi connectivity index (χ1) is 15.9. The van der Waals surface area contributed by atoms with Gasteiger partial charge < -0.3 is 23.9 Å². The number of aryl methyl sites for hydroxylation is 2. The van der Waals surface area contributed by atoms with Crippen molar-refractivity contribution in [2.75, 3.05) is 39.6 Å². The van der Waals surface area contributed by atoms with E-state index in [4.69, 9.17) is 18.6 Å². The summed E-state index contributed by atoms with van der Waals surface area (Å²) in [5.74, 6) is -1.13. The highest BCUT2D eigenvalue weighted by Crippen LogP contribution is 2.46. The third kappa shape index (κ3) is 4.67. The molecule has 180 valence electrons. The summed E-state index contributed by atoms with van der Waals surface area (Å²) in [5, 5.41) is 7.00. The maximum Gasteiger partial charge on any atom is 0.420 e. The summed E-state index contributed by atoms with van der Waals surface area (Å²) in [6, 6.07) is 0. The van der Waals surface area contributed by atoms with E-state index in [-0.39, 0.29) is 36.6 Å². The number of carbonyl (C=O) groups is 1. The van der Waals surface area contributed by atoms with Crippen LogP contribution in [0.5, 0.6) is 0 Å². The van der Waals surface area contributed by atoms with Crippen molar-refractivity contribution in [2.24, 2.45) is 5.92 Å². The van der Waals surface area contributed by atoms with E-state index >= 15 is 0 Å². The molecule has 0 radical (unpaired) electrons. The molecule has 2 aromatic rings. The summed E-state index contributed by atoms with van der Waals surface area (Å²) in [5.41, 5.74) is -0.187. The zero-order valence-electron chi connectivity index (χ0n) is 18.1. The van der Waals surface area contributed by atoms with Crippen molar-refractivity contribution in [3.05, 3.63) is 28.8 Å². The lowest BCUT2D eigenvalue weighted by molar-refractivity contribution is -0.137. The van der Waals surface area contributed by atoms with Crippen molar-refractivity contribution in [2.45, 2.75) is 44.5 Å². The molecule has 1 aliphatic carbocycles. The largest absolute Gasteiger partial charge is 0.455 e. The fraction of sp³-hybridized carbons (Fsp3) is 0.636. The van der Waals surface area contributed by atoms with Crippen LogP contribution in [0.2, 0.25) is 0 Å². The van der Waals surface area contributed by atoms with Gasteiger partial charge in [-0.05, 0) is 30.7 Å². The Hall–Kier alpha value is -2.37. The fourth-order valence-electron chi connectivity index (χ4n) is 4.67. The van der Waals surface area contributed by atoms with Crippen LogP contribution in [0, 0.1) is 5.92 Å². The molecule has 5 rings (SSSR count). The van der Waals surface area contributed by atoms with E-state index in [9.17, 15) is 18.0 Å². The van der Waals surface area contributed by atoms with Crippen LogP contribution in [0.15, 0.2) is 10.6 Å². The van der Waals surface area contributed by atoms with E-state index in [1.807, 2.05) is 6.20 Å². The molecule has 1 N–H and O–H groups in total. The van der Waals surface area contributed by atoms with Crippen LogP contribution < -0.4 is 5.32 Å². The number of alkyl halides is 3. The van der Waals surface area contributed by atoms with E-state index in [0.717, 1.165) is 18.4 Å². The minimum atomic E-state index is -4.77. The lowest BCUT2D eigenvalue weighted by Crippen LogP contribution is -2.40. The number of carbonyl (C=O) groups excluding carboxylic acids is 1. The first kappa shape index (κ1) is 22.4. The van der Waals surface area contributed by atoms with Crippen molar-refractivity contribution in [3.8, 4) is 11.3 Å². The average Bonchev–Trinajstić information content (AvgIpc) is 3.39. The maximum atomic E-state index is 14.2. The van der Waals surface area contributed by atoms with Crippen LogP contribution in [0.1, 0.15) is 40.3 Å². The zero-order valence-corrected chi connectivity index (χ0v) is 18.1. The smallest absolute Gasteiger partial charge is 0.420 e. The molecule has 2 aromatic heterocycles. The fourth-order valence-corrected chi connectivity index (χ4v) is 4.67. The second kappa shape index (κ2) is 9.11. The van der Waals surface area contributed by atoms with Crippen LogP contribution in [0.4, 0.5) is 13.2 Å². The SMILES string of the molecule is O=C(NC[C@@H]1COCCO1)c1oc2c(c1C(F)(F)F)-c1nn(CC3CCOCC3)cc1CC2. The third-order valence-electron chi connectivity index (χ3n) is 6.33. The van der Waals surface area contributed by atoms with Crippen molar-refractivity contribution in [1.29, 1.82) is 0 Å². The number of aromatic nitrogens is 2. The van der Waals surface area contributed by atoms with Gasteiger partial charge >= 0.3 is 6.18 Å². The van der Waals surface area contributed by atoms with Gasteiger partial charge in [-0.15, -0.1) is 0 Å². The molecular formula is C22H26F3N3O5. The lowest BCUT2D eigenvalue weighted by atomic mass is 9.93. The van der Waals surface area contributed by atoms with Gasteiger partial charge in [-0.1, -0.05) is 0 Å². The van der Waals surface area contributed by atoms with Gasteiger partial charge in [-0.25, -0.2) is 0 Å². The molecule has 0 bridgehead atoms. The van der Waals surface area contributed by atoms with Gasteiger partial charge in [0.1, 0.15) is 11.3 Å². The predicted octanol–water partition coefficient (Wildman–Crippen LogP) is 2.83. The number of ether oxygens (including phenoxy) is 3. The second-order valence-electron chi connectivity index (χ2n) is 8.66. The van der Waals surface area contributed by atoms with Gasteiger partial charge in [0.25, 0.3) is 5.91 Å². The summed E-state index contributed by atoms with van der Waals surface area (Å²) in [7, 11) is 0. The first-order valence-corrected chi connectivity index (χ1v) is 11.2. The van der Waals surface area contributed by atoms with Gasteiger partial charge in [0, 0.05) is 38.9 Å². The Balaban J connectivity index is 1.42. The third-order valence-corrected chi connectivity index (χ3v) is 6.33. The van der Waals surface area contributed by atoms with Crippen molar-refractivity contribution in [3.63, 3.8) is 0 Å². The van der Waals surface area contributed by atoms with E-state index in [1.165, 1.54) is 0 Å². The van der Waals surface area contributed by atoms with Crippen LogP contribution in [0.3, 0.4) is 0 Å². The summed E-state index contributed by atoms with van der Waals surface area (Å²) < 4.78 is 65.8. The highest BCUT2D eigenvalue weighted by molar-refractivity contribution is 5.96. The van der Waals surface area contributed by atoms with E-state index in [2.05, 4.69) is 10.4 Å². The molecule has 33 heavy (non-hydrogen) atoms. The molecule has 2 aliphatic heterocycles. The molecule has 0 spiro atoms. The van der Waals surface area contributed by atoms with Crippen LogP contribution >= 0.6 is 0 Å². The molecule has 3 aliphatic rings. The number of rotatable bonds is 5. The van der Waals surface area contributed by atoms with Gasteiger partial charge in [-0.3, -0.25) is 9.48 Å². The highest BCUT2D eigenvalue weighted by Gasteiger charge is 2.45. The molecular weight excluding hydrogens is 443 g/mol. The summed E-state index contributed by atoms with van der Waals surface area (Å²) in [6.45, 7) is 3.14. The Labute approximate surface area is 188 Å². The second-order valence-corrected chi connectivity index (χ2v) is 8.66. The van der Waals surface area contributed by atoms with Gasteiger partial charge in [0.05, 0.1) is 37.2 Å². The molecule has 0 unspecified atom stereocenters. The minimum Gasteiger partial charge on any atom is -0.455 e. The minimum absolute atomic E-state index is 0.0342. The quantitative estimate of drug-likeness (QED) is 0.725. The van der Waals surface area contributed by atoms with Gasteiger partial charge in [0.2, 0.25) is 5.76 Å². The van der Waals surface area contributed by atoms with Crippen molar-refractivity contribution in [1.82, 2.24) is 15.1 Å². The molecule has 2 fully saturated rings. The highest BCUT2D eigenvalue weighted by atomic mass is 19.4. The number of fused-ring (bicyclic) bond motifs is 3. The standard InChI is InChI=1S/C22H26F3N3O5/c23-22(24,25)18-17-16(33-20(18)21(29)26-9-15-12-31-7-8-32-15)2-1-14-11-28(27-19(14)17)10-13-3-5-30-6-4-13/h11,13,15H,1-10,12H2,(H,26,29)/t15-/m1/s1. The molecule has 11 heteroatoms. The Morgan fingerprint density at radius 2 is 1.97 bits per heavy atom. The summed E-state index contributed by atoms with van der Waals surface area (Å²) >= 11 is 0. The number of halogens is 3. The summed E-state index contributed by atoms with van der Waals surface area (Å²) in [6.07, 6.45) is -0.774. The predicted molar refractivity (Wildman–Crippen MR) is 109 cm³/mol. The summed E-state index contributed by atoms with van der Waals surface area (Å²) in [4.78, 5) is 12.7. The molecule has 1 amide bonds. The number of amides is 1. The molecule has 0 saturated carbocycles. The first-order valence-electron chi connectivity index (χ1n) is 11.2. The van der Waals surface area contributed by atoms with Crippen LogP contribution in [0.25, 0.3) is 11.3 Å². The molecule has 0 aromatic carbocycles. The van der Waals surface area contributed by atoms with Crippen LogP contribution in [-0.2, 0) is 39.8 Å². The number of nitrogens with zero attached hydrogens (tertiary/aromatic N) is 2. The number of furan rings is 1. The van der Waals surface area contributed by atoms with Crippen molar-refractivity contribution >= 4 is 5.91 Å². The number of hydrogen-bond acceptors (Lipinski definition) is 6. The normalized spacial score (nSPS) is 21.5. The Morgan fingerprint density at radius 3 is 2.70 bits per heavy atom. The average molecular weight is 469 g/mol. The maximum absolute atomic E-state index is 14.2. The Bertz CT molecular complexity index is 1000. The van der Waals surface area contributed by atoms with Gasteiger partial charge in [0.15, 0.2) is 0 Å². The molecule has 4 heterocycles. The molecule has 8 nitrogen and oxygen atoms in total. The Morgan fingerprint density at radius 1 is 1.15 bits per heavy atom.